The maximum Gasteiger partial charge on any atom is 0.253 e. The molecule has 31 heavy (non-hydrogen) atoms. The average Bonchev–Trinajstić information content (AvgIpc) is 3.29. The van der Waals surface area contributed by atoms with Crippen molar-refractivity contribution in [1.29, 1.82) is 0 Å². The molecule has 0 saturated carbocycles. The molecule has 0 radical (unpaired) electrons. The fourth-order valence-electron chi connectivity index (χ4n) is 5.52. The van der Waals surface area contributed by atoms with Gasteiger partial charge >= 0.3 is 0 Å². The Labute approximate surface area is 181 Å². The molecule has 2 aromatic carbocycles. The number of imide groups is 1. The Bertz CT molecular complexity index is 1110. The van der Waals surface area contributed by atoms with E-state index in [4.69, 9.17) is 0 Å². The number of benzene rings is 2. The molecule has 158 valence electrons. The predicted molar refractivity (Wildman–Crippen MR) is 117 cm³/mol. The topological polar surface area (TPSA) is 69.7 Å². The van der Waals surface area contributed by atoms with E-state index in [0.717, 1.165) is 22.4 Å². The molecule has 1 spiro atoms. The van der Waals surface area contributed by atoms with Crippen LogP contribution in [-0.2, 0) is 26.5 Å². The monoisotopic (exact) mass is 415 g/mol. The van der Waals surface area contributed by atoms with E-state index in [1.54, 1.807) is 4.90 Å². The Hall–Kier alpha value is -3.25. The lowest BCUT2D eigenvalue weighted by atomic mass is 9.76. The Morgan fingerprint density at radius 3 is 2.39 bits per heavy atom. The summed E-state index contributed by atoms with van der Waals surface area (Å²) in [5, 5.41) is 3.40. The molecule has 6 nitrogen and oxygen atoms in total. The van der Waals surface area contributed by atoms with Gasteiger partial charge in [-0.3, -0.25) is 24.6 Å². The second kappa shape index (κ2) is 6.89. The van der Waals surface area contributed by atoms with Gasteiger partial charge in [0.05, 0.1) is 18.4 Å². The van der Waals surface area contributed by atoms with Gasteiger partial charge in [0, 0.05) is 23.8 Å². The molecular formula is C25H25N3O3. The quantitative estimate of drug-likeness (QED) is 0.616. The summed E-state index contributed by atoms with van der Waals surface area (Å²) in [7, 11) is 0. The number of nitrogens with one attached hydrogen (secondary N) is 1. The van der Waals surface area contributed by atoms with E-state index in [-0.39, 0.29) is 30.3 Å². The van der Waals surface area contributed by atoms with E-state index < -0.39 is 17.4 Å². The minimum Gasteiger partial charge on any atom is -0.306 e. The minimum atomic E-state index is -1.23. The van der Waals surface area contributed by atoms with Crippen molar-refractivity contribution in [2.24, 2.45) is 11.8 Å². The van der Waals surface area contributed by atoms with Crippen LogP contribution in [0.25, 0.3) is 0 Å². The third kappa shape index (κ3) is 2.64. The summed E-state index contributed by atoms with van der Waals surface area (Å²) < 4.78 is 0. The normalized spacial score (nSPS) is 29.1. The van der Waals surface area contributed by atoms with Gasteiger partial charge in [0.15, 0.2) is 0 Å². The van der Waals surface area contributed by atoms with Crippen LogP contribution in [0.4, 0.5) is 5.69 Å². The molecule has 0 aliphatic carbocycles. The van der Waals surface area contributed by atoms with Gasteiger partial charge in [0.25, 0.3) is 5.91 Å². The Balaban J connectivity index is 1.60. The van der Waals surface area contributed by atoms with Crippen molar-refractivity contribution in [2.75, 3.05) is 11.4 Å². The summed E-state index contributed by atoms with van der Waals surface area (Å²) in [5.41, 5.74) is 2.05. The number of hydrogen-bond acceptors (Lipinski definition) is 4. The number of anilines is 1. The molecule has 3 amide bonds. The van der Waals surface area contributed by atoms with Gasteiger partial charge in [0.2, 0.25) is 11.8 Å². The van der Waals surface area contributed by atoms with Crippen LogP contribution in [0.5, 0.6) is 0 Å². The highest BCUT2D eigenvalue weighted by Crippen LogP contribution is 2.54. The zero-order valence-corrected chi connectivity index (χ0v) is 17.7. The average molecular weight is 415 g/mol. The molecule has 4 atom stereocenters. The van der Waals surface area contributed by atoms with Crippen LogP contribution in [0.3, 0.4) is 0 Å². The number of likely N-dealkylation sites (tertiary alicyclic amines) is 1. The largest absolute Gasteiger partial charge is 0.306 e. The molecule has 2 aromatic rings. The van der Waals surface area contributed by atoms with Gasteiger partial charge in [-0.05, 0) is 25.5 Å². The van der Waals surface area contributed by atoms with Gasteiger partial charge in [-0.2, -0.15) is 0 Å². The van der Waals surface area contributed by atoms with E-state index >= 15 is 0 Å². The third-order valence-corrected chi connectivity index (χ3v) is 6.72. The number of rotatable bonds is 4. The smallest absolute Gasteiger partial charge is 0.253 e. The lowest BCUT2D eigenvalue weighted by molar-refractivity contribution is -0.143. The van der Waals surface area contributed by atoms with E-state index in [9.17, 15) is 14.4 Å². The summed E-state index contributed by atoms with van der Waals surface area (Å²) >= 11 is 0. The lowest BCUT2D eigenvalue weighted by Crippen LogP contribution is -2.54. The van der Waals surface area contributed by atoms with Crippen LogP contribution >= 0.6 is 0 Å². The SMILES string of the molecule is C=C(C)CN1C(=O)[C@]2(N[C@H](C)[C@@H]3C(=O)N(Cc4ccccc4)C(=O)[C@@H]32)c2ccccc21. The van der Waals surface area contributed by atoms with Gasteiger partial charge in [0.1, 0.15) is 5.54 Å². The van der Waals surface area contributed by atoms with E-state index in [2.05, 4.69) is 11.9 Å². The maximum atomic E-state index is 13.9. The highest BCUT2D eigenvalue weighted by atomic mass is 16.2. The molecule has 1 N–H and O–H groups in total. The van der Waals surface area contributed by atoms with Gasteiger partial charge < -0.3 is 4.90 Å². The summed E-state index contributed by atoms with van der Waals surface area (Å²) in [6.07, 6.45) is 0. The first-order valence-corrected chi connectivity index (χ1v) is 10.6. The third-order valence-electron chi connectivity index (χ3n) is 6.72. The molecule has 3 heterocycles. The Kier molecular flexibility index (Phi) is 4.38. The number of para-hydroxylation sites is 1. The first-order valence-electron chi connectivity index (χ1n) is 10.6. The van der Waals surface area contributed by atoms with Crippen molar-refractivity contribution in [1.82, 2.24) is 10.2 Å². The van der Waals surface area contributed by atoms with Gasteiger partial charge in [-0.15, -0.1) is 0 Å². The van der Waals surface area contributed by atoms with E-state index in [1.807, 2.05) is 68.4 Å². The molecular weight excluding hydrogens is 390 g/mol. The number of nitrogens with zero attached hydrogens (tertiary/aromatic N) is 2. The van der Waals surface area contributed by atoms with Crippen LogP contribution in [0, 0.1) is 11.8 Å². The molecule has 6 heteroatoms. The highest BCUT2D eigenvalue weighted by Gasteiger charge is 2.70. The molecule has 0 aromatic heterocycles. The first-order chi connectivity index (χ1) is 14.9. The molecule has 2 saturated heterocycles. The number of amides is 3. The maximum absolute atomic E-state index is 13.9. The zero-order valence-electron chi connectivity index (χ0n) is 17.7. The molecule has 3 aliphatic heterocycles. The van der Waals surface area contributed by atoms with Crippen molar-refractivity contribution in [3.8, 4) is 0 Å². The van der Waals surface area contributed by atoms with Gasteiger partial charge in [-0.25, -0.2) is 0 Å². The number of hydrogen-bond donors (Lipinski definition) is 1. The second-order valence-corrected chi connectivity index (χ2v) is 8.86. The molecule has 5 rings (SSSR count). The van der Waals surface area contributed by atoms with Crippen LogP contribution < -0.4 is 10.2 Å². The number of carbonyl (C=O) groups is 3. The lowest BCUT2D eigenvalue weighted by Gasteiger charge is -2.30. The van der Waals surface area contributed by atoms with E-state index in [1.165, 1.54) is 4.90 Å². The highest BCUT2D eigenvalue weighted by molar-refractivity contribution is 6.16. The molecule has 0 bridgehead atoms. The zero-order chi connectivity index (χ0) is 21.9. The predicted octanol–water partition coefficient (Wildman–Crippen LogP) is 2.60. The van der Waals surface area contributed by atoms with Crippen molar-refractivity contribution < 1.29 is 14.4 Å². The van der Waals surface area contributed by atoms with Gasteiger partial charge in [-0.1, -0.05) is 60.7 Å². The molecule has 0 unspecified atom stereocenters. The molecule has 2 fully saturated rings. The molecule has 3 aliphatic rings. The summed E-state index contributed by atoms with van der Waals surface area (Å²) in [6, 6.07) is 16.7. The summed E-state index contributed by atoms with van der Waals surface area (Å²) in [4.78, 5) is 43.9. The number of fused-ring (bicyclic) bond motifs is 4. The van der Waals surface area contributed by atoms with Crippen LogP contribution in [-0.4, -0.2) is 35.2 Å². The van der Waals surface area contributed by atoms with Crippen molar-refractivity contribution in [3.05, 3.63) is 77.9 Å². The Morgan fingerprint density at radius 2 is 1.68 bits per heavy atom. The summed E-state index contributed by atoms with van der Waals surface area (Å²) in [6.45, 7) is 8.33. The van der Waals surface area contributed by atoms with Crippen molar-refractivity contribution in [2.45, 2.75) is 32.0 Å². The van der Waals surface area contributed by atoms with Crippen LogP contribution in [0.1, 0.15) is 25.0 Å². The minimum absolute atomic E-state index is 0.182. The fraction of sp³-hybridized carbons (Fsp3) is 0.320. The van der Waals surface area contributed by atoms with Crippen molar-refractivity contribution >= 4 is 23.4 Å². The van der Waals surface area contributed by atoms with E-state index in [0.29, 0.717) is 6.54 Å². The number of carbonyl (C=O) groups excluding carboxylic acids is 3. The Morgan fingerprint density at radius 1 is 1.00 bits per heavy atom. The van der Waals surface area contributed by atoms with Crippen LogP contribution in [0.15, 0.2) is 66.7 Å². The first kappa shape index (κ1) is 19.7. The van der Waals surface area contributed by atoms with Crippen LogP contribution in [0.2, 0.25) is 0 Å². The summed E-state index contributed by atoms with van der Waals surface area (Å²) in [5.74, 6) is -2.00. The van der Waals surface area contributed by atoms with Crippen molar-refractivity contribution in [3.63, 3.8) is 0 Å². The fourth-order valence-corrected chi connectivity index (χ4v) is 5.52. The second-order valence-electron chi connectivity index (χ2n) is 8.86. The standard InChI is InChI=1S/C25H25N3O3/c1-15(2)13-27-19-12-8-7-11-18(19)25(24(27)31)21-20(16(3)26-25)22(29)28(23(21)30)14-17-9-5-4-6-10-17/h4-12,16,20-21,26H,1,13-14H2,2-3H3/t16-,20+,21-,25+/m1/s1.